The van der Waals surface area contributed by atoms with Gasteiger partial charge in [0, 0.05) is 51.2 Å². The van der Waals surface area contributed by atoms with Gasteiger partial charge in [-0.2, -0.15) is 5.10 Å². The molecule has 1 aromatic heterocycles. The second-order valence-electron chi connectivity index (χ2n) is 12.6. The Bertz CT molecular complexity index is 1370. The Hall–Kier alpha value is -2.51. The number of sulfonamides is 1. The van der Waals surface area contributed by atoms with E-state index in [1.165, 1.54) is 0 Å². The van der Waals surface area contributed by atoms with E-state index in [9.17, 15) is 18.0 Å². The number of ether oxygens (including phenoxy) is 1. The number of nitrogens with one attached hydrogen (secondary N) is 3. The third-order valence-electron chi connectivity index (χ3n) is 9.02. The molecule has 0 aliphatic carbocycles. The number of aryl methyl sites for hydroxylation is 2. The van der Waals surface area contributed by atoms with Crippen LogP contribution < -0.4 is 10.0 Å². The highest BCUT2D eigenvalue weighted by Gasteiger charge is 2.54. The van der Waals surface area contributed by atoms with Gasteiger partial charge in [-0.05, 0) is 69.6 Å². The summed E-state index contributed by atoms with van der Waals surface area (Å²) in [4.78, 5) is 32.0. The molecule has 2 saturated heterocycles. The molecule has 2 amide bonds. The SMILES string of the molecule is CCCCN1C(=O)[C@H](CC(C)C)NC(=O)C12CCN(C(c1ccc(S(=O)(=O)NCCCOC)cc1)c1c(C)n[nH]c1C)CC2.Cl. The largest absolute Gasteiger partial charge is 0.385 e. The summed E-state index contributed by atoms with van der Waals surface area (Å²) in [5, 5.41) is 10.7. The number of carbonyl (C=O) groups is 2. The molecule has 2 fully saturated rings. The van der Waals surface area contributed by atoms with Crippen molar-refractivity contribution in [2.75, 3.05) is 39.9 Å². The van der Waals surface area contributed by atoms with Gasteiger partial charge in [-0.25, -0.2) is 13.1 Å². The average molecular weight is 667 g/mol. The lowest BCUT2D eigenvalue weighted by atomic mass is 9.79. The van der Waals surface area contributed by atoms with E-state index in [-0.39, 0.29) is 35.2 Å². The highest BCUT2D eigenvalue weighted by atomic mass is 35.5. The van der Waals surface area contributed by atoms with Gasteiger partial charge in [-0.1, -0.05) is 39.3 Å². The number of aromatic nitrogens is 2. The average Bonchev–Trinajstić information content (AvgIpc) is 3.32. The Morgan fingerprint density at radius 1 is 1.11 bits per heavy atom. The Labute approximate surface area is 274 Å². The van der Waals surface area contributed by atoms with Gasteiger partial charge >= 0.3 is 0 Å². The van der Waals surface area contributed by atoms with Crippen LogP contribution in [0.2, 0.25) is 0 Å². The number of amides is 2. The van der Waals surface area contributed by atoms with Crippen molar-refractivity contribution < 1.29 is 22.7 Å². The normalized spacial score (nSPS) is 19.5. The summed E-state index contributed by atoms with van der Waals surface area (Å²) in [6.07, 6.45) is 4.05. The van der Waals surface area contributed by atoms with Crippen molar-refractivity contribution >= 4 is 34.2 Å². The van der Waals surface area contributed by atoms with Crippen molar-refractivity contribution in [1.82, 2.24) is 30.0 Å². The summed E-state index contributed by atoms with van der Waals surface area (Å²) in [6.45, 7) is 12.7. The van der Waals surface area contributed by atoms with Gasteiger partial charge in [0.25, 0.3) is 0 Å². The second-order valence-corrected chi connectivity index (χ2v) is 14.4. The van der Waals surface area contributed by atoms with Gasteiger partial charge in [0.15, 0.2) is 0 Å². The topological polar surface area (TPSA) is 137 Å². The van der Waals surface area contributed by atoms with E-state index in [0.29, 0.717) is 64.4 Å². The molecule has 0 radical (unpaired) electrons. The molecule has 1 spiro atoms. The number of piperazine rings is 1. The number of hydrogen-bond acceptors (Lipinski definition) is 7. The van der Waals surface area contributed by atoms with Crippen molar-refractivity contribution in [1.29, 1.82) is 0 Å². The van der Waals surface area contributed by atoms with Crippen LogP contribution in [0.5, 0.6) is 0 Å². The number of nitrogens with zero attached hydrogens (tertiary/aromatic N) is 3. The lowest BCUT2D eigenvalue weighted by molar-refractivity contribution is -0.162. The molecule has 3 heterocycles. The summed E-state index contributed by atoms with van der Waals surface area (Å²) in [7, 11) is -2.07. The van der Waals surface area contributed by atoms with Gasteiger partial charge in [0.1, 0.15) is 11.6 Å². The van der Waals surface area contributed by atoms with Crippen molar-refractivity contribution in [2.24, 2.45) is 5.92 Å². The molecule has 11 nitrogen and oxygen atoms in total. The summed E-state index contributed by atoms with van der Waals surface area (Å²) >= 11 is 0. The molecule has 1 unspecified atom stereocenters. The predicted octanol–water partition coefficient (Wildman–Crippen LogP) is 3.86. The van der Waals surface area contributed by atoms with Crippen molar-refractivity contribution in [3.05, 3.63) is 46.8 Å². The molecule has 45 heavy (non-hydrogen) atoms. The first-order valence-corrected chi connectivity index (χ1v) is 17.4. The van der Waals surface area contributed by atoms with E-state index >= 15 is 0 Å². The van der Waals surface area contributed by atoms with Gasteiger partial charge in [0.05, 0.1) is 16.6 Å². The van der Waals surface area contributed by atoms with E-state index < -0.39 is 21.6 Å². The molecular formula is C32H51ClN6O5S. The molecule has 0 bridgehead atoms. The van der Waals surface area contributed by atoms with Crippen molar-refractivity contribution in [3.63, 3.8) is 0 Å². The molecule has 3 N–H and O–H groups in total. The smallest absolute Gasteiger partial charge is 0.246 e. The zero-order chi connectivity index (χ0) is 32.1. The van der Waals surface area contributed by atoms with Crippen molar-refractivity contribution in [2.45, 2.75) is 95.7 Å². The van der Waals surface area contributed by atoms with E-state index in [1.54, 1.807) is 19.2 Å². The Morgan fingerprint density at radius 3 is 2.33 bits per heavy atom. The highest BCUT2D eigenvalue weighted by molar-refractivity contribution is 7.89. The number of carbonyl (C=O) groups excluding carboxylic acids is 2. The fourth-order valence-electron chi connectivity index (χ4n) is 6.65. The first kappa shape index (κ1) is 37.0. The zero-order valence-electron chi connectivity index (χ0n) is 27.5. The molecule has 4 rings (SSSR count). The standard InChI is InChI=1S/C32H50N6O5S.ClH/c1-7-8-17-38-30(39)27(21-22(2)3)34-31(40)32(38)14-18-37(19-15-32)29(28-23(4)35-36-24(28)5)25-10-12-26(13-11-25)44(41,42)33-16-9-20-43-6;/h10-13,22,27,29,33H,7-9,14-21H2,1-6H3,(H,34,40)(H,35,36);1H/t27-,29?;/m0./s1. The van der Waals surface area contributed by atoms with Gasteiger partial charge in [0.2, 0.25) is 21.8 Å². The number of benzene rings is 1. The van der Waals surface area contributed by atoms with Gasteiger partial charge in [-0.15, -0.1) is 12.4 Å². The predicted molar refractivity (Wildman–Crippen MR) is 177 cm³/mol. The number of methoxy groups -OCH3 is 1. The van der Waals surface area contributed by atoms with Crippen LogP contribution in [-0.4, -0.2) is 91.7 Å². The van der Waals surface area contributed by atoms with E-state index in [1.807, 2.05) is 30.9 Å². The molecule has 2 aromatic rings. The fourth-order valence-corrected chi connectivity index (χ4v) is 7.73. The Balaban J connectivity index is 0.00000552. The third-order valence-corrected chi connectivity index (χ3v) is 10.5. The van der Waals surface area contributed by atoms with Crippen molar-refractivity contribution in [3.8, 4) is 0 Å². The number of halogens is 1. The van der Waals surface area contributed by atoms with Crippen LogP contribution >= 0.6 is 12.4 Å². The van der Waals surface area contributed by atoms with Crippen LogP contribution in [0.4, 0.5) is 0 Å². The van der Waals surface area contributed by atoms with Crippen LogP contribution in [0, 0.1) is 19.8 Å². The lowest BCUT2D eigenvalue weighted by Crippen LogP contribution is -2.73. The molecule has 2 atom stereocenters. The summed E-state index contributed by atoms with van der Waals surface area (Å²) < 4.78 is 33.4. The number of aromatic amines is 1. The van der Waals surface area contributed by atoms with Gasteiger partial charge < -0.3 is 15.0 Å². The Kier molecular flexibility index (Phi) is 13.0. The van der Waals surface area contributed by atoms with Gasteiger partial charge in [-0.3, -0.25) is 19.6 Å². The number of likely N-dealkylation sites (tertiary alicyclic amines) is 1. The number of piperidine rings is 1. The van der Waals surface area contributed by atoms with Crippen LogP contribution in [0.25, 0.3) is 0 Å². The van der Waals surface area contributed by atoms with Crippen LogP contribution in [0.15, 0.2) is 29.2 Å². The molecule has 2 aliphatic rings. The number of hydrogen-bond donors (Lipinski definition) is 3. The third kappa shape index (κ3) is 8.08. The molecule has 252 valence electrons. The minimum Gasteiger partial charge on any atom is -0.385 e. The summed E-state index contributed by atoms with van der Waals surface area (Å²) in [5.74, 6) is 0.285. The summed E-state index contributed by atoms with van der Waals surface area (Å²) in [5.41, 5.74) is 2.93. The number of rotatable bonds is 14. The first-order valence-electron chi connectivity index (χ1n) is 15.9. The van der Waals surface area contributed by atoms with E-state index in [2.05, 4.69) is 45.9 Å². The molecule has 2 aliphatic heterocycles. The molecule has 13 heteroatoms. The quantitative estimate of drug-likeness (QED) is 0.261. The van der Waals surface area contributed by atoms with Crippen LogP contribution in [-0.2, 0) is 24.3 Å². The fraction of sp³-hybridized carbons (Fsp3) is 0.656. The highest BCUT2D eigenvalue weighted by Crippen LogP contribution is 2.40. The monoisotopic (exact) mass is 666 g/mol. The first-order chi connectivity index (χ1) is 20.9. The molecule has 0 saturated carbocycles. The van der Waals surface area contributed by atoms with E-state index in [4.69, 9.17) is 4.74 Å². The Morgan fingerprint density at radius 2 is 1.78 bits per heavy atom. The molecular weight excluding hydrogens is 616 g/mol. The minimum absolute atomic E-state index is 0. The summed E-state index contributed by atoms with van der Waals surface area (Å²) in [6, 6.07) is 6.35. The second kappa shape index (κ2) is 15.9. The zero-order valence-corrected chi connectivity index (χ0v) is 29.2. The van der Waals surface area contributed by atoms with E-state index in [0.717, 1.165) is 35.4 Å². The number of unbranched alkanes of at least 4 members (excludes halogenated alkanes) is 1. The maximum atomic E-state index is 13.8. The van der Waals surface area contributed by atoms with Crippen LogP contribution in [0.1, 0.15) is 87.9 Å². The molecule has 1 aromatic carbocycles. The number of H-pyrrole nitrogens is 1. The maximum Gasteiger partial charge on any atom is 0.246 e. The minimum atomic E-state index is -3.65. The lowest BCUT2D eigenvalue weighted by Gasteiger charge is -2.52. The maximum absolute atomic E-state index is 13.8. The van der Waals surface area contributed by atoms with Crippen LogP contribution in [0.3, 0.4) is 0 Å².